The van der Waals surface area contributed by atoms with Crippen molar-refractivity contribution in [3.63, 3.8) is 0 Å². The van der Waals surface area contributed by atoms with Crippen molar-refractivity contribution in [1.29, 1.82) is 0 Å². The van der Waals surface area contributed by atoms with Crippen molar-refractivity contribution in [3.05, 3.63) is 0 Å². The van der Waals surface area contributed by atoms with E-state index in [0.29, 0.717) is 12.5 Å². The Kier molecular flexibility index (Phi) is 5.62. The van der Waals surface area contributed by atoms with Crippen LogP contribution in [0.15, 0.2) is 0 Å². The second-order valence-corrected chi connectivity index (χ2v) is 7.67. The summed E-state index contributed by atoms with van der Waals surface area (Å²) in [5, 5.41) is 3.30. The molecule has 2 N–H and O–H groups in total. The summed E-state index contributed by atoms with van der Waals surface area (Å²) < 4.78 is 28.9. The molecule has 1 saturated carbocycles. The van der Waals surface area contributed by atoms with Gasteiger partial charge >= 0.3 is 0 Å². The van der Waals surface area contributed by atoms with E-state index >= 15 is 0 Å². The molecule has 1 aliphatic heterocycles. The second kappa shape index (κ2) is 7.02. The smallest absolute Gasteiger partial charge is 0.279 e. The average molecular weight is 289 g/mol. The van der Waals surface area contributed by atoms with Crippen LogP contribution in [0.1, 0.15) is 44.9 Å². The van der Waals surface area contributed by atoms with Crippen LogP contribution in [0.2, 0.25) is 0 Å². The highest BCUT2D eigenvalue weighted by Crippen LogP contribution is 2.23. The molecular weight excluding hydrogens is 262 g/mol. The first-order chi connectivity index (χ1) is 9.09. The maximum atomic E-state index is 12.3. The molecule has 2 aliphatic rings. The topological polar surface area (TPSA) is 61.4 Å². The summed E-state index contributed by atoms with van der Waals surface area (Å²) in [6, 6.07) is 0.194. The molecule has 1 aliphatic carbocycles. The van der Waals surface area contributed by atoms with Crippen molar-refractivity contribution in [2.24, 2.45) is 5.92 Å². The molecule has 0 unspecified atom stereocenters. The minimum Gasteiger partial charge on any atom is -0.317 e. The van der Waals surface area contributed by atoms with Gasteiger partial charge in [0.1, 0.15) is 0 Å². The van der Waals surface area contributed by atoms with Gasteiger partial charge < -0.3 is 5.32 Å². The molecule has 6 heteroatoms. The second-order valence-electron chi connectivity index (χ2n) is 5.85. The van der Waals surface area contributed by atoms with Crippen LogP contribution in [0.5, 0.6) is 0 Å². The zero-order valence-corrected chi connectivity index (χ0v) is 12.7. The van der Waals surface area contributed by atoms with Crippen molar-refractivity contribution in [2.75, 3.05) is 26.7 Å². The maximum absolute atomic E-state index is 12.3. The zero-order chi connectivity index (χ0) is 13.7. The predicted octanol–water partition coefficient (Wildman–Crippen LogP) is 1.08. The van der Waals surface area contributed by atoms with Crippen LogP contribution < -0.4 is 10.0 Å². The highest BCUT2D eigenvalue weighted by Gasteiger charge is 2.28. The first-order valence-corrected chi connectivity index (χ1v) is 8.97. The van der Waals surface area contributed by atoms with E-state index < -0.39 is 10.2 Å². The van der Waals surface area contributed by atoms with Crippen LogP contribution in [-0.2, 0) is 10.2 Å². The summed E-state index contributed by atoms with van der Waals surface area (Å²) in [4.78, 5) is 0. The number of piperidine rings is 1. The number of hydrogen-bond acceptors (Lipinski definition) is 3. The van der Waals surface area contributed by atoms with Gasteiger partial charge in [0.25, 0.3) is 10.2 Å². The fourth-order valence-electron chi connectivity index (χ4n) is 3.05. The Balaban J connectivity index is 1.82. The quantitative estimate of drug-likeness (QED) is 0.796. The predicted molar refractivity (Wildman–Crippen MR) is 77.2 cm³/mol. The number of nitrogens with zero attached hydrogens (tertiary/aromatic N) is 1. The SMILES string of the molecule is CN(C1CCCCC1)S(=O)(=O)NCC1CCNCC1. The fourth-order valence-corrected chi connectivity index (χ4v) is 4.30. The third kappa shape index (κ3) is 4.41. The Bertz CT molecular complexity index is 360. The molecule has 112 valence electrons. The molecule has 1 saturated heterocycles. The molecule has 5 nitrogen and oxygen atoms in total. The van der Waals surface area contributed by atoms with Gasteiger partial charge in [0.05, 0.1) is 0 Å². The summed E-state index contributed by atoms with van der Waals surface area (Å²) >= 11 is 0. The van der Waals surface area contributed by atoms with E-state index in [2.05, 4.69) is 10.0 Å². The maximum Gasteiger partial charge on any atom is 0.279 e. The molecular formula is C13H27N3O2S. The number of rotatable bonds is 5. The van der Waals surface area contributed by atoms with Crippen LogP contribution in [0, 0.1) is 5.92 Å². The molecule has 0 spiro atoms. The lowest BCUT2D eigenvalue weighted by Gasteiger charge is -2.31. The standard InChI is InChI=1S/C13H27N3O2S/c1-16(13-5-3-2-4-6-13)19(17,18)15-11-12-7-9-14-10-8-12/h12-15H,2-11H2,1H3. The molecule has 0 atom stereocenters. The van der Waals surface area contributed by atoms with E-state index in [1.807, 2.05) is 0 Å². The van der Waals surface area contributed by atoms with Gasteiger partial charge in [0, 0.05) is 19.6 Å². The van der Waals surface area contributed by atoms with E-state index in [0.717, 1.165) is 51.6 Å². The number of hydrogen-bond donors (Lipinski definition) is 2. The Hall–Kier alpha value is -0.170. The van der Waals surface area contributed by atoms with E-state index in [1.54, 1.807) is 11.4 Å². The molecule has 0 amide bonds. The van der Waals surface area contributed by atoms with Gasteiger partial charge in [-0.25, -0.2) is 4.72 Å². The summed E-state index contributed by atoms with van der Waals surface area (Å²) in [6.07, 6.45) is 7.69. The summed E-state index contributed by atoms with van der Waals surface area (Å²) in [7, 11) is -1.57. The molecule has 0 aromatic rings. The minimum absolute atomic E-state index is 0.194. The van der Waals surface area contributed by atoms with Crippen molar-refractivity contribution in [3.8, 4) is 0 Å². The van der Waals surface area contributed by atoms with Crippen molar-refractivity contribution in [1.82, 2.24) is 14.3 Å². The van der Waals surface area contributed by atoms with Gasteiger partial charge in [0.15, 0.2) is 0 Å². The summed E-state index contributed by atoms with van der Waals surface area (Å²) in [6.45, 7) is 2.59. The Morgan fingerprint density at radius 2 is 1.74 bits per heavy atom. The molecule has 2 rings (SSSR count). The first-order valence-electron chi connectivity index (χ1n) is 7.53. The minimum atomic E-state index is -3.30. The highest BCUT2D eigenvalue weighted by molar-refractivity contribution is 7.87. The van der Waals surface area contributed by atoms with Crippen molar-refractivity contribution < 1.29 is 8.42 Å². The lowest BCUT2D eigenvalue weighted by molar-refractivity contribution is 0.280. The van der Waals surface area contributed by atoms with Crippen molar-refractivity contribution >= 4 is 10.2 Å². The lowest BCUT2D eigenvalue weighted by atomic mass is 9.96. The highest BCUT2D eigenvalue weighted by atomic mass is 32.2. The lowest BCUT2D eigenvalue weighted by Crippen LogP contribution is -2.46. The molecule has 0 bridgehead atoms. The van der Waals surface area contributed by atoms with Crippen LogP contribution in [-0.4, -0.2) is 45.4 Å². The van der Waals surface area contributed by atoms with Gasteiger partial charge in [-0.3, -0.25) is 0 Å². The average Bonchev–Trinajstić information content (AvgIpc) is 2.46. The Morgan fingerprint density at radius 1 is 1.11 bits per heavy atom. The summed E-state index contributed by atoms with van der Waals surface area (Å²) in [5.74, 6) is 0.482. The molecule has 0 radical (unpaired) electrons. The Labute approximate surface area is 117 Å². The van der Waals surface area contributed by atoms with Gasteiger partial charge in [-0.1, -0.05) is 19.3 Å². The fraction of sp³-hybridized carbons (Fsp3) is 1.00. The molecule has 0 aromatic heterocycles. The van der Waals surface area contributed by atoms with Gasteiger partial charge in [-0.05, 0) is 44.7 Å². The monoisotopic (exact) mass is 289 g/mol. The summed E-state index contributed by atoms with van der Waals surface area (Å²) in [5.41, 5.74) is 0. The van der Waals surface area contributed by atoms with Crippen molar-refractivity contribution in [2.45, 2.75) is 51.0 Å². The van der Waals surface area contributed by atoms with Gasteiger partial charge in [-0.15, -0.1) is 0 Å². The van der Waals surface area contributed by atoms with Gasteiger partial charge in [-0.2, -0.15) is 12.7 Å². The third-order valence-electron chi connectivity index (χ3n) is 4.48. The van der Waals surface area contributed by atoms with Crippen LogP contribution in [0.3, 0.4) is 0 Å². The first kappa shape index (κ1) is 15.2. The van der Waals surface area contributed by atoms with Crippen LogP contribution in [0.4, 0.5) is 0 Å². The van der Waals surface area contributed by atoms with Crippen LogP contribution in [0.25, 0.3) is 0 Å². The zero-order valence-electron chi connectivity index (χ0n) is 11.9. The third-order valence-corrected chi connectivity index (χ3v) is 6.07. The number of nitrogens with one attached hydrogen (secondary N) is 2. The molecule has 0 aromatic carbocycles. The molecule has 1 heterocycles. The normalized spacial score (nSPS) is 23.9. The van der Waals surface area contributed by atoms with E-state index in [4.69, 9.17) is 0 Å². The van der Waals surface area contributed by atoms with E-state index in [9.17, 15) is 8.42 Å². The Morgan fingerprint density at radius 3 is 2.37 bits per heavy atom. The van der Waals surface area contributed by atoms with E-state index in [-0.39, 0.29) is 6.04 Å². The van der Waals surface area contributed by atoms with Gasteiger partial charge in [0.2, 0.25) is 0 Å². The van der Waals surface area contributed by atoms with E-state index in [1.165, 1.54) is 6.42 Å². The molecule has 19 heavy (non-hydrogen) atoms. The molecule has 2 fully saturated rings. The van der Waals surface area contributed by atoms with Crippen LogP contribution >= 0.6 is 0 Å². The largest absolute Gasteiger partial charge is 0.317 e.